The van der Waals surface area contributed by atoms with Gasteiger partial charge in [-0.25, -0.2) is 9.37 Å². The van der Waals surface area contributed by atoms with E-state index in [4.69, 9.17) is 11.6 Å². The van der Waals surface area contributed by atoms with E-state index in [1.54, 1.807) is 36.4 Å². The number of benzene rings is 3. The van der Waals surface area contributed by atoms with Gasteiger partial charge >= 0.3 is 5.91 Å². The smallest absolute Gasteiger partial charge is 0.301 e. The topological polar surface area (TPSA) is 70.5 Å². The number of carbonyl (C=O) groups is 2. The van der Waals surface area contributed by atoms with Crippen LogP contribution >= 0.6 is 45.5 Å². The molecule has 3 aromatic carbocycles. The highest BCUT2D eigenvalue weighted by Crippen LogP contribution is 2.44. The van der Waals surface area contributed by atoms with E-state index in [1.807, 2.05) is 12.1 Å². The summed E-state index contributed by atoms with van der Waals surface area (Å²) < 4.78 is 15.2. The number of halogens is 3. The molecule has 0 bridgehead atoms. The van der Waals surface area contributed by atoms with Crippen molar-refractivity contribution in [3.8, 4) is 0 Å². The number of rotatable bonds is 3. The third kappa shape index (κ3) is 3.92. The Kier molecular flexibility index (Phi) is 5.67. The van der Waals surface area contributed by atoms with Crippen LogP contribution in [0.15, 0.2) is 72.3 Å². The van der Waals surface area contributed by atoms with Crippen molar-refractivity contribution in [1.29, 1.82) is 0 Å². The summed E-state index contributed by atoms with van der Waals surface area (Å²) in [4.78, 5) is 32.1. The van der Waals surface area contributed by atoms with Crippen LogP contribution in [0.1, 0.15) is 17.2 Å². The summed E-state index contributed by atoms with van der Waals surface area (Å²) in [6, 6.07) is 16.9. The maximum absolute atomic E-state index is 13.7. The average molecular weight is 591 g/mol. The lowest BCUT2D eigenvalue weighted by Crippen LogP contribution is -2.29. The Balaban J connectivity index is 1.73. The summed E-state index contributed by atoms with van der Waals surface area (Å²) in [5.74, 6) is -2.36. The lowest BCUT2D eigenvalue weighted by molar-refractivity contribution is -0.132. The molecule has 0 aliphatic carbocycles. The molecule has 1 N–H and O–H groups in total. The molecule has 1 amide bonds. The first-order chi connectivity index (χ1) is 15.8. The maximum Gasteiger partial charge on any atom is 0.301 e. The summed E-state index contributed by atoms with van der Waals surface area (Å²) in [5.41, 5.74) is 1.46. The zero-order chi connectivity index (χ0) is 23.3. The minimum absolute atomic E-state index is 0.0473. The van der Waals surface area contributed by atoms with Crippen LogP contribution in [0, 0.1) is 9.39 Å². The average Bonchev–Trinajstić information content (AvgIpc) is 3.32. The van der Waals surface area contributed by atoms with Gasteiger partial charge in [0.2, 0.25) is 0 Å². The van der Waals surface area contributed by atoms with Crippen molar-refractivity contribution in [2.45, 2.75) is 6.04 Å². The molecule has 33 heavy (non-hydrogen) atoms. The fourth-order valence-corrected chi connectivity index (χ4v) is 5.25. The van der Waals surface area contributed by atoms with Crippen molar-refractivity contribution in [3.05, 3.63) is 97.8 Å². The molecular weight excluding hydrogens is 578 g/mol. The molecule has 1 aromatic heterocycles. The number of ketones is 1. The molecule has 164 valence electrons. The number of carbonyl (C=O) groups excluding carboxylic acids is 2. The number of nitrogens with zero attached hydrogens (tertiary/aromatic N) is 2. The molecule has 5 nitrogen and oxygen atoms in total. The number of fused-ring (bicyclic) bond motifs is 1. The van der Waals surface area contributed by atoms with Gasteiger partial charge in [-0.1, -0.05) is 35.1 Å². The van der Waals surface area contributed by atoms with Crippen LogP contribution in [-0.2, 0) is 9.59 Å². The summed E-state index contributed by atoms with van der Waals surface area (Å²) in [5, 5.41) is 11.8. The number of aliphatic hydroxyl groups excluding tert-OH is 1. The predicted molar refractivity (Wildman–Crippen MR) is 135 cm³/mol. The number of hydrogen-bond acceptors (Lipinski definition) is 5. The van der Waals surface area contributed by atoms with Crippen molar-refractivity contribution < 1.29 is 19.1 Å². The number of hydrogen-bond donors (Lipinski definition) is 1. The Hall–Kier alpha value is -2.82. The molecule has 0 radical (unpaired) electrons. The van der Waals surface area contributed by atoms with E-state index >= 15 is 0 Å². The number of Topliss-reactive ketones (excluding diaryl/α,β-unsaturated/α-hetero) is 1. The predicted octanol–water partition coefficient (Wildman–Crippen LogP) is 6.32. The molecule has 1 atom stereocenters. The van der Waals surface area contributed by atoms with Crippen molar-refractivity contribution in [2.75, 3.05) is 4.90 Å². The third-order valence-corrected chi connectivity index (χ3v) is 7.28. The lowest BCUT2D eigenvalue weighted by atomic mass is 9.95. The summed E-state index contributed by atoms with van der Waals surface area (Å²) in [7, 11) is 0. The van der Waals surface area contributed by atoms with Gasteiger partial charge < -0.3 is 5.11 Å². The number of anilines is 1. The van der Waals surface area contributed by atoms with E-state index in [9.17, 15) is 19.1 Å². The monoisotopic (exact) mass is 590 g/mol. The second kappa shape index (κ2) is 8.51. The van der Waals surface area contributed by atoms with Gasteiger partial charge in [0.25, 0.3) is 5.78 Å². The van der Waals surface area contributed by atoms with Crippen LogP contribution in [0.5, 0.6) is 0 Å². The number of thiazole rings is 1. The number of amides is 1. The maximum atomic E-state index is 13.7. The first-order valence-corrected chi connectivity index (χ1v) is 12.0. The first-order valence-electron chi connectivity index (χ1n) is 9.72. The summed E-state index contributed by atoms with van der Waals surface area (Å²) in [6.07, 6.45) is 0. The SMILES string of the molecule is O=C1C(=O)N(c2nc3ccc(F)cc3s2)C(c2ccc(I)cc2)/C1=C(\O)c1ccc(Cl)cc1. The van der Waals surface area contributed by atoms with Gasteiger partial charge in [0.05, 0.1) is 21.8 Å². The molecule has 2 heterocycles. The standard InChI is InChI=1S/C24H13ClFIN2O3S/c25-14-5-1-13(2-6-14)21(30)19-20(12-3-8-16(27)9-4-12)29(23(32)22(19)31)24-28-17-10-7-15(26)11-18(17)33-24/h1-11,20,30H/b21-19+. The van der Waals surface area contributed by atoms with Gasteiger partial charge in [-0.15, -0.1) is 0 Å². The minimum Gasteiger partial charge on any atom is -0.507 e. The molecule has 1 unspecified atom stereocenters. The van der Waals surface area contributed by atoms with Crippen LogP contribution in [0.4, 0.5) is 9.52 Å². The van der Waals surface area contributed by atoms with Crippen molar-refractivity contribution >= 4 is 78.3 Å². The Bertz CT molecular complexity index is 1450. The van der Waals surface area contributed by atoms with Crippen LogP contribution in [0.3, 0.4) is 0 Å². The van der Waals surface area contributed by atoms with Gasteiger partial charge in [-0.2, -0.15) is 0 Å². The zero-order valence-corrected chi connectivity index (χ0v) is 20.4. The van der Waals surface area contributed by atoms with E-state index in [1.165, 1.54) is 23.1 Å². The van der Waals surface area contributed by atoms with E-state index < -0.39 is 23.5 Å². The molecule has 0 saturated carbocycles. The second-order valence-electron chi connectivity index (χ2n) is 7.34. The fourth-order valence-electron chi connectivity index (χ4n) is 3.74. The molecule has 1 aliphatic heterocycles. The summed E-state index contributed by atoms with van der Waals surface area (Å²) >= 11 is 9.23. The van der Waals surface area contributed by atoms with Gasteiger partial charge in [-0.3, -0.25) is 14.5 Å². The third-order valence-electron chi connectivity index (χ3n) is 5.29. The fraction of sp³-hybridized carbons (Fsp3) is 0.0417. The van der Waals surface area contributed by atoms with E-state index in [-0.39, 0.29) is 16.5 Å². The molecule has 9 heteroatoms. The second-order valence-corrected chi connectivity index (χ2v) is 10.0. The van der Waals surface area contributed by atoms with E-state index in [0.29, 0.717) is 26.4 Å². The molecule has 0 spiro atoms. The Morgan fingerprint density at radius 1 is 1.06 bits per heavy atom. The number of aliphatic hydroxyl groups is 1. The van der Waals surface area contributed by atoms with Crippen LogP contribution in [0.25, 0.3) is 16.0 Å². The zero-order valence-electron chi connectivity index (χ0n) is 16.6. The van der Waals surface area contributed by atoms with Gasteiger partial charge in [0, 0.05) is 14.2 Å². The largest absolute Gasteiger partial charge is 0.507 e. The van der Waals surface area contributed by atoms with E-state index in [0.717, 1.165) is 14.9 Å². The van der Waals surface area contributed by atoms with Crippen molar-refractivity contribution in [2.24, 2.45) is 0 Å². The highest BCUT2D eigenvalue weighted by Gasteiger charge is 2.48. The normalized spacial score (nSPS) is 17.8. The van der Waals surface area contributed by atoms with Crippen LogP contribution in [-0.4, -0.2) is 21.8 Å². The van der Waals surface area contributed by atoms with Crippen molar-refractivity contribution in [1.82, 2.24) is 4.98 Å². The molecule has 5 rings (SSSR count). The quantitative estimate of drug-likeness (QED) is 0.131. The molecule has 4 aromatic rings. The van der Waals surface area contributed by atoms with Crippen LogP contribution < -0.4 is 4.90 Å². The van der Waals surface area contributed by atoms with Crippen molar-refractivity contribution in [3.63, 3.8) is 0 Å². The van der Waals surface area contributed by atoms with Gasteiger partial charge in [0.1, 0.15) is 11.6 Å². The van der Waals surface area contributed by atoms with Gasteiger partial charge in [-0.05, 0) is 82.8 Å². The summed E-state index contributed by atoms with van der Waals surface area (Å²) in [6.45, 7) is 0. The lowest BCUT2D eigenvalue weighted by Gasteiger charge is -2.23. The van der Waals surface area contributed by atoms with Gasteiger partial charge in [0.15, 0.2) is 5.13 Å². The molecular formula is C24H13ClFIN2O3S. The molecule has 1 saturated heterocycles. The first kappa shape index (κ1) is 22.0. The number of aromatic nitrogens is 1. The Labute approximate surface area is 210 Å². The van der Waals surface area contributed by atoms with Crippen LogP contribution in [0.2, 0.25) is 5.02 Å². The highest BCUT2D eigenvalue weighted by atomic mass is 127. The Morgan fingerprint density at radius 2 is 1.76 bits per heavy atom. The Morgan fingerprint density at radius 3 is 2.45 bits per heavy atom. The van der Waals surface area contributed by atoms with E-state index in [2.05, 4.69) is 27.6 Å². The molecule has 1 aliphatic rings. The highest BCUT2D eigenvalue weighted by molar-refractivity contribution is 14.1. The molecule has 1 fully saturated rings. The minimum atomic E-state index is -0.900.